The van der Waals surface area contributed by atoms with Crippen molar-refractivity contribution in [1.82, 2.24) is 24.3 Å². The molecular weight excluding hydrogens is 238 g/mol. The number of nitrogens with one attached hydrogen (secondary N) is 1. The van der Waals surface area contributed by atoms with Crippen LogP contribution in [-0.4, -0.2) is 29.2 Å². The van der Waals surface area contributed by atoms with Gasteiger partial charge in [0, 0.05) is 21.0 Å². The molecule has 0 atom stereocenters. The predicted octanol–water partition coefficient (Wildman–Crippen LogP) is 0.377. The summed E-state index contributed by atoms with van der Waals surface area (Å²) in [7, 11) is 3.47. The van der Waals surface area contributed by atoms with Crippen LogP contribution in [0.2, 0.25) is 0 Å². The van der Waals surface area contributed by atoms with Crippen molar-refractivity contribution in [3.63, 3.8) is 0 Å². The number of imidazole rings is 1. The molecule has 9 nitrogen and oxygen atoms in total. The summed E-state index contributed by atoms with van der Waals surface area (Å²) in [5, 5.41) is 17.9. The Labute approximate surface area is 103 Å². The Morgan fingerprint density at radius 1 is 1.50 bits per heavy atom. The zero-order valence-electron chi connectivity index (χ0n) is 10.3. The highest BCUT2D eigenvalue weighted by molar-refractivity contribution is 5.53. The second-order valence-corrected chi connectivity index (χ2v) is 3.84. The third kappa shape index (κ3) is 2.14. The van der Waals surface area contributed by atoms with Gasteiger partial charge in [-0.2, -0.15) is 5.10 Å². The number of aromatic nitrogens is 5. The van der Waals surface area contributed by atoms with E-state index in [-0.39, 0.29) is 5.82 Å². The Balaban J connectivity index is 2.20. The zero-order valence-corrected chi connectivity index (χ0v) is 10.3. The van der Waals surface area contributed by atoms with E-state index in [4.69, 9.17) is 0 Å². The molecule has 0 saturated heterocycles. The van der Waals surface area contributed by atoms with Crippen molar-refractivity contribution in [1.29, 1.82) is 0 Å². The molecule has 0 spiro atoms. The molecule has 0 unspecified atom stereocenters. The Kier molecular flexibility index (Phi) is 2.96. The van der Waals surface area contributed by atoms with Crippen LogP contribution in [0.5, 0.6) is 0 Å². The van der Waals surface area contributed by atoms with Gasteiger partial charge in [0.05, 0.1) is 6.54 Å². The third-order valence-corrected chi connectivity index (χ3v) is 2.53. The summed E-state index contributed by atoms with van der Waals surface area (Å²) in [5.41, 5.74) is 0. The summed E-state index contributed by atoms with van der Waals surface area (Å²) >= 11 is 0. The highest BCUT2D eigenvalue weighted by Gasteiger charge is 2.23. The summed E-state index contributed by atoms with van der Waals surface area (Å²) in [5.74, 6) is 1.29. The Hall–Kier alpha value is -2.45. The van der Waals surface area contributed by atoms with Crippen LogP contribution in [0.15, 0.2) is 6.33 Å². The largest absolute Gasteiger partial charge is 0.406 e. The van der Waals surface area contributed by atoms with Gasteiger partial charge in [0.15, 0.2) is 5.82 Å². The number of anilines is 1. The molecule has 0 fully saturated rings. The SMILES string of the molecule is Cc1nc([N+](=O)[O-])c(NCc2ncn(C)n2)n1C. The first-order valence-corrected chi connectivity index (χ1v) is 5.25. The minimum atomic E-state index is -0.513. The lowest BCUT2D eigenvalue weighted by molar-refractivity contribution is -0.388. The van der Waals surface area contributed by atoms with Crippen LogP contribution in [0.4, 0.5) is 11.6 Å². The summed E-state index contributed by atoms with van der Waals surface area (Å²) in [6, 6.07) is 0. The van der Waals surface area contributed by atoms with Crippen LogP contribution in [0.25, 0.3) is 0 Å². The molecule has 0 aromatic carbocycles. The lowest BCUT2D eigenvalue weighted by Gasteiger charge is -2.03. The van der Waals surface area contributed by atoms with Crippen LogP contribution >= 0.6 is 0 Å². The van der Waals surface area contributed by atoms with Crippen molar-refractivity contribution in [2.24, 2.45) is 14.1 Å². The normalized spacial score (nSPS) is 10.6. The molecule has 0 saturated carbocycles. The topological polar surface area (TPSA) is 104 Å². The van der Waals surface area contributed by atoms with Crippen molar-refractivity contribution < 1.29 is 4.92 Å². The van der Waals surface area contributed by atoms with E-state index in [0.29, 0.717) is 24.0 Å². The zero-order chi connectivity index (χ0) is 13.3. The van der Waals surface area contributed by atoms with Crippen molar-refractivity contribution >= 4 is 11.6 Å². The second kappa shape index (κ2) is 4.43. The van der Waals surface area contributed by atoms with E-state index in [1.54, 1.807) is 36.6 Å². The highest BCUT2D eigenvalue weighted by Crippen LogP contribution is 2.23. The number of nitrogens with zero attached hydrogens (tertiary/aromatic N) is 6. The van der Waals surface area contributed by atoms with Gasteiger partial charge in [-0.25, -0.2) is 4.98 Å². The van der Waals surface area contributed by atoms with Crippen LogP contribution < -0.4 is 5.32 Å². The molecule has 2 rings (SSSR count). The number of aryl methyl sites for hydroxylation is 2. The van der Waals surface area contributed by atoms with Crippen molar-refractivity contribution in [2.45, 2.75) is 13.5 Å². The van der Waals surface area contributed by atoms with E-state index in [1.165, 1.54) is 0 Å². The molecule has 2 aromatic heterocycles. The van der Waals surface area contributed by atoms with Crippen LogP contribution in [0.3, 0.4) is 0 Å². The van der Waals surface area contributed by atoms with Crippen molar-refractivity contribution in [3.8, 4) is 0 Å². The monoisotopic (exact) mass is 251 g/mol. The third-order valence-electron chi connectivity index (χ3n) is 2.53. The van der Waals surface area contributed by atoms with E-state index in [0.717, 1.165) is 0 Å². The molecule has 0 aliphatic carbocycles. The fourth-order valence-electron chi connectivity index (χ4n) is 1.55. The molecule has 0 aliphatic heterocycles. The summed E-state index contributed by atoms with van der Waals surface area (Å²) in [4.78, 5) is 18.3. The maximum absolute atomic E-state index is 10.9. The van der Waals surface area contributed by atoms with E-state index in [9.17, 15) is 10.1 Å². The van der Waals surface area contributed by atoms with Crippen LogP contribution in [-0.2, 0) is 20.6 Å². The summed E-state index contributed by atoms with van der Waals surface area (Å²) < 4.78 is 3.20. The van der Waals surface area contributed by atoms with E-state index >= 15 is 0 Å². The molecule has 96 valence electrons. The average Bonchev–Trinajstić information content (AvgIpc) is 2.83. The van der Waals surface area contributed by atoms with E-state index in [1.807, 2.05) is 0 Å². The van der Waals surface area contributed by atoms with Gasteiger partial charge in [0.25, 0.3) is 0 Å². The molecule has 2 heterocycles. The molecule has 9 heteroatoms. The van der Waals surface area contributed by atoms with Crippen molar-refractivity contribution in [3.05, 3.63) is 28.1 Å². The highest BCUT2D eigenvalue weighted by atomic mass is 16.6. The molecule has 18 heavy (non-hydrogen) atoms. The lowest BCUT2D eigenvalue weighted by atomic mass is 10.5. The number of nitro groups is 1. The number of hydrogen-bond donors (Lipinski definition) is 1. The Morgan fingerprint density at radius 2 is 2.22 bits per heavy atom. The van der Waals surface area contributed by atoms with Gasteiger partial charge < -0.3 is 15.4 Å². The number of hydrogen-bond acceptors (Lipinski definition) is 6. The molecule has 0 radical (unpaired) electrons. The first kappa shape index (κ1) is 12.0. The van der Waals surface area contributed by atoms with Gasteiger partial charge in [0.2, 0.25) is 11.6 Å². The van der Waals surface area contributed by atoms with Gasteiger partial charge in [0.1, 0.15) is 6.33 Å². The Bertz CT molecular complexity index is 586. The number of rotatable bonds is 4. The first-order chi connectivity index (χ1) is 8.49. The Morgan fingerprint density at radius 3 is 2.78 bits per heavy atom. The fourth-order valence-corrected chi connectivity index (χ4v) is 1.55. The van der Waals surface area contributed by atoms with Crippen molar-refractivity contribution in [2.75, 3.05) is 5.32 Å². The quantitative estimate of drug-likeness (QED) is 0.622. The van der Waals surface area contributed by atoms with Gasteiger partial charge in [-0.15, -0.1) is 0 Å². The lowest BCUT2D eigenvalue weighted by Crippen LogP contribution is -2.08. The van der Waals surface area contributed by atoms with Gasteiger partial charge in [-0.3, -0.25) is 9.25 Å². The van der Waals surface area contributed by atoms with E-state index < -0.39 is 4.92 Å². The fraction of sp³-hybridized carbons (Fsp3) is 0.444. The maximum Gasteiger partial charge on any atom is 0.406 e. The summed E-state index contributed by atoms with van der Waals surface area (Å²) in [6.45, 7) is 2.01. The maximum atomic E-state index is 10.9. The summed E-state index contributed by atoms with van der Waals surface area (Å²) in [6.07, 6.45) is 1.57. The van der Waals surface area contributed by atoms with Crippen LogP contribution in [0.1, 0.15) is 11.6 Å². The molecule has 0 amide bonds. The van der Waals surface area contributed by atoms with E-state index in [2.05, 4.69) is 20.4 Å². The predicted molar refractivity (Wildman–Crippen MR) is 62.9 cm³/mol. The molecule has 1 N–H and O–H groups in total. The molecule has 0 aliphatic rings. The van der Waals surface area contributed by atoms with Gasteiger partial charge >= 0.3 is 5.82 Å². The van der Waals surface area contributed by atoms with Gasteiger partial charge in [-0.1, -0.05) is 0 Å². The molecular formula is C9H13N7O2. The molecule has 0 bridgehead atoms. The first-order valence-electron chi connectivity index (χ1n) is 5.25. The minimum Gasteiger partial charge on any atom is -0.358 e. The average molecular weight is 251 g/mol. The minimum absolute atomic E-state index is 0.189. The van der Waals surface area contributed by atoms with Gasteiger partial charge in [-0.05, 0) is 9.91 Å². The smallest absolute Gasteiger partial charge is 0.358 e. The standard InChI is InChI=1S/C9H13N7O2/c1-6-12-9(16(17)18)8(15(6)3)10-4-7-11-5-14(2)13-7/h5,10H,4H2,1-3H3. The second-order valence-electron chi connectivity index (χ2n) is 3.84. The molecule has 2 aromatic rings. The van der Waals surface area contributed by atoms with Crippen LogP contribution in [0, 0.1) is 17.0 Å².